The first-order chi connectivity index (χ1) is 17.4. The first-order valence-electron chi connectivity index (χ1n) is 12.5. The average Bonchev–Trinajstić information content (AvgIpc) is 3.30. The van der Waals surface area contributed by atoms with Gasteiger partial charge in [0.15, 0.2) is 0 Å². The van der Waals surface area contributed by atoms with Gasteiger partial charge in [-0.1, -0.05) is 12.1 Å². The minimum absolute atomic E-state index is 0.0587. The van der Waals surface area contributed by atoms with E-state index >= 15 is 0 Å². The molecule has 0 aliphatic carbocycles. The summed E-state index contributed by atoms with van der Waals surface area (Å²) in [7, 11) is 3.86. The Balaban J connectivity index is 1.38. The van der Waals surface area contributed by atoms with Gasteiger partial charge in [0.05, 0.1) is 24.2 Å². The zero-order chi connectivity index (χ0) is 25.2. The third-order valence-electron chi connectivity index (χ3n) is 6.92. The summed E-state index contributed by atoms with van der Waals surface area (Å²) in [4.78, 5) is 23.5. The van der Waals surface area contributed by atoms with Crippen LogP contribution in [0.1, 0.15) is 18.2 Å². The lowest BCUT2D eigenvalue weighted by Gasteiger charge is -2.34. The number of hydrogen-bond acceptors (Lipinski definition) is 7. The fourth-order valence-electron chi connectivity index (χ4n) is 5.01. The minimum atomic E-state index is 0.0587. The van der Waals surface area contributed by atoms with E-state index in [1.165, 1.54) is 5.56 Å². The number of nitrogens with zero attached hydrogens (tertiary/aromatic N) is 4. The summed E-state index contributed by atoms with van der Waals surface area (Å²) in [6, 6.07) is 16.4. The summed E-state index contributed by atoms with van der Waals surface area (Å²) in [5, 5.41) is 6.96. The first kappa shape index (κ1) is 23.9. The standard InChI is InChI=1S/C28H34N6O2/c1-19-16-22(30-25-7-5-6-21-10-11-34(20(2)35)28(21)25)17-27(29-19)31-24-9-8-23(18-26(24)36-4)33-14-12-32(3)13-15-33/h5-9,16-18H,10-15H2,1-4H3,(H2,29,30,31). The number of piperazine rings is 1. The third kappa shape index (κ3) is 4.95. The molecule has 0 atom stereocenters. The molecule has 2 N–H and O–H groups in total. The lowest BCUT2D eigenvalue weighted by Crippen LogP contribution is -2.44. The topological polar surface area (TPSA) is 73.0 Å². The lowest BCUT2D eigenvalue weighted by atomic mass is 10.1. The van der Waals surface area contributed by atoms with Crippen LogP contribution in [0.25, 0.3) is 0 Å². The van der Waals surface area contributed by atoms with Crippen LogP contribution in [0.2, 0.25) is 0 Å². The number of carbonyl (C=O) groups is 1. The number of rotatable bonds is 6. The van der Waals surface area contributed by atoms with Crippen LogP contribution in [0, 0.1) is 6.92 Å². The van der Waals surface area contributed by atoms with Crippen molar-refractivity contribution in [1.29, 1.82) is 0 Å². The molecule has 0 radical (unpaired) electrons. The van der Waals surface area contributed by atoms with Crippen LogP contribution in [0.3, 0.4) is 0 Å². The Kier molecular flexibility index (Phi) is 6.69. The second-order valence-corrected chi connectivity index (χ2v) is 9.54. The monoisotopic (exact) mass is 486 g/mol. The first-order valence-corrected chi connectivity index (χ1v) is 12.5. The number of ether oxygens (including phenoxy) is 1. The van der Waals surface area contributed by atoms with Crippen LogP contribution in [-0.2, 0) is 11.2 Å². The van der Waals surface area contributed by atoms with Crippen molar-refractivity contribution in [1.82, 2.24) is 9.88 Å². The van der Waals surface area contributed by atoms with Gasteiger partial charge in [0, 0.05) is 68.8 Å². The second kappa shape index (κ2) is 10.1. The van der Waals surface area contributed by atoms with E-state index < -0.39 is 0 Å². The number of hydrogen-bond donors (Lipinski definition) is 2. The molecule has 8 nitrogen and oxygen atoms in total. The smallest absolute Gasteiger partial charge is 0.223 e. The maximum absolute atomic E-state index is 12.2. The van der Waals surface area contributed by atoms with E-state index in [2.05, 4.69) is 51.7 Å². The van der Waals surface area contributed by atoms with Crippen molar-refractivity contribution in [3.8, 4) is 5.75 Å². The molecule has 0 bridgehead atoms. The maximum Gasteiger partial charge on any atom is 0.223 e. The van der Waals surface area contributed by atoms with Crippen molar-refractivity contribution in [2.75, 3.05) is 67.3 Å². The largest absolute Gasteiger partial charge is 0.494 e. The number of aryl methyl sites for hydroxylation is 1. The summed E-state index contributed by atoms with van der Waals surface area (Å²) in [5.74, 6) is 1.56. The Morgan fingerprint density at radius 2 is 1.78 bits per heavy atom. The molecule has 1 saturated heterocycles. The van der Waals surface area contributed by atoms with Gasteiger partial charge in [0.25, 0.3) is 0 Å². The third-order valence-corrected chi connectivity index (χ3v) is 6.92. The molecule has 5 rings (SSSR count). The molecule has 0 saturated carbocycles. The van der Waals surface area contributed by atoms with Crippen molar-refractivity contribution in [3.63, 3.8) is 0 Å². The van der Waals surface area contributed by atoms with E-state index in [1.54, 1.807) is 14.0 Å². The maximum atomic E-state index is 12.2. The highest BCUT2D eigenvalue weighted by molar-refractivity contribution is 5.98. The second-order valence-electron chi connectivity index (χ2n) is 9.54. The highest BCUT2D eigenvalue weighted by Crippen LogP contribution is 2.38. The van der Waals surface area contributed by atoms with Gasteiger partial charge in [0.2, 0.25) is 5.91 Å². The van der Waals surface area contributed by atoms with Crippen molar-refractivity contribution in [2.45, 2.75) is 20.3 Å². The number of fused-ring (bicyclic) bond motifs is 1. The molecule has 188 valence electrons. The number of nitrogens with one attached hydrogen (secondary N) is 2. The van der Waals surface area contributed by atoms with Gasteiger partial charge < -0.3 is 30.1 Å². The number of carbonyl (C=O) groups excluding carboxylic acids is 1. The molecule has 3 heterocycles. The van der Waals surface area contributed by atoms with E-state index in [4.69, 9.17) is 9.72 Å². The fourth-order valence-corrected chi connectivity index (χ4v) is 5.01. The Morgan fingerprint density at radius 3 is 2.53 bits per heavy atom. The molecular formula is C28H34N6O2. The van der Waals surface area contributed by atoms with Crippen LogP contribution >= 0.6 is 0 Å². The van der Waals surface area contributed by atoms with Gasteiger partial charge in [-0.05, 0) is 50.2 Å². The molecule has 1 aromatic heterocycles. The minimum Gasteiger partial charge on any atom is -0.494 e. The molecule has 2 aromatic carbocycles. The fraction of sp³-hybridized carbons (Fsp3) is 0.357. The van der Waals surface area contributed by atoms with Gasteiger partial charge in [-0.2, -0.15) is 0 Å². The number of pyridine rings is 1. The predicted octanol–water partition coefficient (Wildman–Crippen LogP) is 4.55. The van der Waals surface area contributed by atoms with Crippen molar-refractivity contribution >= 4 is 40.2 Å². The van der Waals surface area contributed by atoms with E-state index in [1.807, 2.05) is 36.1 Å². The number of para-hydroxylation sites is 1. The molecule has 1 fully saturated rings. The Morgan fingerprint density at radius 1 is 0.972 bits per heavy atom. The van der Waals surface area contributed by atoms with Crippen molar-refractivity contribution in [3.05, 3.63) is 59.8 Å². The van der Waals surface area contributed by atoms with Crippen LogP contribution in [0.4, 0.5) is 34.3 Å². The number of methoxy groups -OCH3 is 1. The summed E-state index contributed by atoms with van der Waals surface area (Å²) in [5.41, 5.74) is 6.89. The molecule has 0 spiro atoms. The number of anilines is 6. The zero-order valence-corrected chi connectivity index (χ0v) is 21.5. The Hall–Kier alpha value is -3.78. The van der Waals surface area contributed by atoms with Crippen LogP contribution in [0.15, 0.2) is 48.5 Å². The van der Waals surface area contributed by atoms with Crippen LogP contribution in [-0.4, -0.2) is 62.7 Å². The average molecular weight is 487 g/mol. The molecule has 8 heteroatoms. The summed E-state index contributed by atoms with van der Waals surface area (Å²) < 4.78 is 5.73. The SMILES string of the molecule is COc1cc(N2CCN(C)CC2)ccc1Nc1cc(Nc2cccc3c2N(C(C)=O)CC3)cc(C)n1. The van der Waals surface area contributed by atoms with E-state index in [0.717, 1.165) is 84.8 Å². The Bertz CT molecular complexity index is 1270. The van der Waals surface area contributed by atoms with E-state index in [9.17, 15) is 4.79 Å². The summed E-state index contributed by atoms with van der Waals surface area (Å²) in [6.45, 7) is 8.43. The zero-order valence-electron chi connectivity index (χ0n) is 21.5. The van der Waals surface area contributed by atoms with Crippen LogP contribution in [0.5, 0.6) is 5.75 Å². The quantitative estimate of drug-likeness (QED) is 0.530. The highest BCUT2D eigenvalue weighted by atomic mass is 16.5. The van der Waals surface area contributed by atoms with Gasteiger partial charge in [-0.25, -0.2) is 4.98 Å². The van der Waals surface area contributed by atoms with Crippen LogP contribution < -0.4 is 25.2 Å². The molecular weight excluding hydrogens is 452 g/mol. The molecule has 2 aliphatic heterocycles. The molecule has 36 heavy (non-hydrogen) atoms. The van der Waals surface area contributed by atoms with E-state index in [0.29, 0.717) is 0 Å². The Labute approximate surface area is 212 Å². The number of benzene rings is 2. The molecule has 1 amide bonds. The lowest BCUT2D eigenvalue weighted by molar-refractivity contribution is -0.116. The molecule has 0 unspecified atom stereocenters. The van der Waals surface area contributed by atoms with Gasteiger partial charge >= 0.3 is 0 Å². The molecule has 2 aliphatic rings. The highest BCUT2D eigenvalue weighted by Gasteiger charge is 2.25. The van der Waals surface area contributed by atoms with Gasteiger partial charge in [-0.3, -0.25) is 4.79 Å². The number of amides is 1. The molecule has 3 aromatic rings. The normalized spacial score (nSPS) is 15.6. The van der Waals surface area contributed by atoms with E-state index in [-0.39, 0.29) is 5.91 Å². The van der Waals surface area contributed by atoms with Crippen molar-refractivity contribution in [2.24, 2.45) is 0 Å². The van der Waals surface area contributed by atoms with Gasteiger partial charge in [-0.15, -0.1) is 0 Å². The number of likely N-dealkylation sites (N-methyl/N-ethyl adjacent to an activating group) is 1. The van der Waals surface area contributed by atoms with Gasteiger partial charge in [0.1, 0.15) is 11.6 Å². The van der Waals surface area contributed by atoms with Crippen molar-refractivity contribution < 1.29 is 9.53 Å². The number of aromatic nitrogens is 1. The predicted molar refractivity (Wildman–Crippen MR) is 146 cm³/mol. The summed E-state index contributed by atoms with van der Waals surface area (Å²) >= 11 is 0. The summed E-state index contributed by atoms with van der Waals surface area (Å²) in [6.07, 6.45) is 0.872.